The van der Waals surface area contributed by atoms with E-state index >= 15 is 0 Å². The van der Waals surface area contributed by atoms with E-state index in [0.29, 0.717) is 0 Å². The molecule has 0 aromatic heterocycles. The molecule has 0 radical (unpaired) electrons. The van der Waals surface area contributed by atoms with Gasteiger partial charge in [0.15, 0.2) is 0 Å². The van der Waals surface area contributed by atoms with Crippen LogP contribution in [-0.4, -0.2) is 31.8 Å². The average molecular weight is 284 g/mol. The van der Waals surface area contributed by atoms with E-state index in [1.807, 2.05) is 18.2 Å². The van der Waals surface area contributed by atoms with Gasteiger partial charge in [0.1, 0.15) is 17.1 Å². The molecule has 5 nitrogen and oxygen atoms in total. The zero-order chi connectivity index (χ0) is 14.4. The number of carboxylic acid groups (broad SMARTS) is 1. The summed E-state index contributed by atoms with van der Waals surface area (Å²) in [5.74, 6) is -1.85. The van der Waals surface area contributed by atoms with Crippen LogP contribution in [0.1, 0.15) is 19.4 Å². The number of carbonyl (C=O) groups is 2. The molecule has 0 spiro atoms. The van der Waals surface area contributed by atoms with Crippen molar-refractivity contribution in [3.05, 3.63) is 35.9 Å². The Morgan fingerprint density at radius 3 is 2.32 bits per heavy atom. The van der Waals surface area contributed by atoms with Crippen LogP contribution in [0.25, 0.3) is 0 Å². The van der Waals surface area contributed by atoms with Gasteiger partial charge in [-0.3, -0.25) is 13.8 Å². The highest BCUT2D eigenvalue weighted by Crippen LogP contribution is 2.08. The second-order valence-corrected chi connectivity index (χ2v) is 6.12. The van der Waals surface area contributed by atoms with Crippen LogP contribution >= 0.6 is 0 Å². The van der Waals surface area contributed by atoms with E-state index < -0.39 is 33.2 Å². The van der Waals surface area contributed by atoms with Gasteiger partial charge in [-0.25, -0.2) is 0 Å². The summed E-state index contributed by atoms with van der Waals surface area (Å²) in [6.07, 6.45) is 0. The standard InChI is InChI=1S/C13H16O5S/c1-9(12(14)15)19(17)10(2)13(16)18-8-11-6-4-3-5-7-11/h3-7,9-10H,8H2,1-2H3,(H,14,15). The quantitative estimate of drug-likeness (QED) is 0.797. The normalized spacial score (nSPS) is 15.3. The fourth-order valence-electron chi connectivity index (χ4n) is 1.35. The summed E-state index contributed by atoms with van der Waals surface area (Å²) in [4.78, 5) is 22.4. The number of aliphatic carboxylic acids is 1. The number of hydrogen-bond acceptors (Lipinski definition) is 4. The lowest BCUT2D eigenvalue weighted by Crippen LogP contribution is -2.34. The molecule has 1 aromatic rings. The molecule has 0 aliphatic carbocycles. The smallest absolute Gasteiger partial charge is 0.321 e. The molecule has 0 saturated carbocycles. The molecule has 1 N–H and O–H groups in total. The summed E-state index contributed by atoms with van der Waals surface area (Å²) in [6, 6.07) is 9.08. The second-order valence-electron chi connectivity index (χ2n) is 4.04. The molecule has 3 unspecified atom stereocenters. The van der Waals surface area contributed by atoms with Crippen molar-refractivity contribution in [1.29, 1.82) is 0 Å². The third-order valence-electron chi connectivity index (χ3n) is 2.60. The van der Waals surface area contributed by atoms with Crippen LogP contribution in [0.2, 0.25) is 0 Å². The van der Waals surface area contributed by atoms with E-state index in [9.17, 15) is 13.8 Å². The number of ether oxygens (including phenoxy) is 1. The van der Waals surface area contributed by atoms with Gasteiger partial charge >= 0.3 is 11.9 Å². The molecule has 6 heteroatoms. The van der Waals surface area contributed by atoms with Gasteiger partial charge in [0.05, 0.1) is 0 Å². The Balaban J connectivity index is 2.54. The summed E-state index contributed by atoms with van der Waals surface area (Å²) in [5.41, 5.74) is 0.820. The topological polar surface area (TPSA) is 80.7 Å². The molecule has 0 heterocycles. The van der Waals surface area contributed by atoms with Crippen LogP contribution in [0.5, 0.6) is 0 Å². The van der Waals surface area contributed by atoms with Crippen molar-refractivity contribution in [2.45, 2.75) is 31.0 Å². The average Bonchev–Trinajstić information content (AvgIpc) is 2.43. The minimum atomic E-state index is -1.80. The predicted octanol–water partition coefficient (Wildman–Crippen LogP) is 1.34. The molecule has 1 aromatic carbocycles. The van der Waals surface area contributed by atoms with Crippen molar-refractivity contribution in [2.24, 2.45) is 0 Å². The van der Waals surface area contributed by atoms with Crippen LogP contribution in [-0.2, 0) is 31.7 Å². The van der Waals surface area contributed by atoms with Crippen molar-refractivity contribution in [3.8, 4) is 0 Å². The molecule has 1 rings (SSSR count). The molecule has 0 amide bonds. The monoisotopic (exact) mass is 284 g/mol. The van der Waals surface area contributed by atoms with E-state index in [1.165, 1.54) is 13.8 Å². The van der Waals surface area contributed by atoms with Crippen LogP contribution in [0.3, 0.4) is 0 Å². The summed E-state index contributed by atoms with van der Waals surface area (Å²) in [6.45, 7) is 2.80. The van der Waals surface area contributed by atoms with Crippen LogP contribution in [0, 0.1) is 0 Å². The number of esters is 1. The van der Waals surface area contributed by atoms with Gasteiger partial charge in [-0.15, -0.1) is 0 Å². The Labute approximate surface area is 114 Å². The third-order valence-corrected chi connectivity index (χ3v) is 4.39. The minimum absolute atomic E-state index is 0.0860. The fourth-order valence-corrected chi connectivity index (χ4v) is 2.42. The highest BCUT2D eigenvalue weighted by atomic mass is 32.2. The van der Waals surface area contributed by atoms with E-state index in [1.54, 1.807) is 12.1 Å². The SMILES string of the molecule is CC(C(=O)O)S(=O)C(C)C(=O)OCc1ccccc1. The van der Waals surface area contributed by atoms with Gasteiger partial charge in [-0.05, 0) is 19.4 Å². The Hall–Kier alpha value is -1.69. The first-order valence-corrected chi connectivity index (χ1v) is 7.04. The molecule has 0 aliphatic heterocycles. The van der Waals surface area contributed by atoms with Gasteiger partial charge in [0.25, 0.3) is 0 Å². The number of carboxylic acids is 1. The molecule has 0 bridgehead atoms. The van der Waals surface area contributed by atoms with Crippen molar-refractivity contribution in [3.63, 3.8) is 0 Å². The van der Waals surface area contributed by atoms with Crippen molar-refractivity contribution in [1.82, 2.24) is 0 Å². The van der Waals surface area contributed by atoms with Gasteiger partial charge in [0.2, 0.25) is 0 Å². The molecular formula is C13H16O5S. The summed E-state index contributed by atoms with van der Waals surface area (Å²) in [7, 11) is -1.80. The number of benzene rings is 1. The zero-order valence-corrected chi connectivity index (χ0v) is 11.6. The largest absolute Gasteiger partial charge is 0.480 e. The summed E-state index contributed by atoms with van der Waals surface area (Å²) in [5, 5.41) is 6.68. The second kappa shape index (κ2) is 7.04. The first-order chi connectivity index (χ1) is 8.93. The zero-order valence-electron chi connectivity index (χ0n) is 10.7. The maximum absolute atomic E-state index is 11.8. The Morgan fingerprint density at radius 1 is 1.21 bits per heavy atom. The highest BCUT2D eigenvalue weighted by Gasteiger charge is 2.29. The first kappa shape index (κ1) is 15.4. The predicted molar refractivity (Wildman–Crippen MR) is 70.9 cm³/mol. The van der Waals surface area contributed by atoms with Crippen LogP contribution in [0.4, 0.5) is 0 Å². The van der Waals surface area contributed by atoms with Gasteiger partial charge < -0.3 is 9.84 Å². The van der Waals surface area contributed by atoms with Gasteiger partial charge in [-0.2, -0.15) is 0 Å². The number of carbonyl (C=O) groups excluding carboxylic acids is 1. The Kier molecular flexibility index (Phi) is 5.69. The number of rotatable bonds is 6. The molecular weight excluding hydrogens is 268 g/mol. The van der Waals surface area contributed by atoms with Gasteiger partial charge in [0, 0.05) is 10.8 Å². The first-order valence-electron chi connectivity index (χ1n) is 5.76. The van der Waals surface area contributed by atoms with Gasteiger partial charge in [-0.1, -0.05) is 30.3 Å². The fraction of sp³-hybridized carbons (Fsp3) is 0.385. The molecule has 104 valence electrons. The summed E-state index contributed by atoms with van der Waals surface area (Å²) < 4.78 is 16.8. The third kappa shape index (κ3) is 4.48. The lowest BCUT2D eigenvalue weighted by atomic mass is 10.2. The van der Waals surface area contributed by atoms with Crippen molar-refractivity contribution >= 4 is 22.7 Å². The van der Waals surface area contributed by atoms with Crippen molar-refractivity contribution in [2.75, 3.05) is 0 Å². The Morgan fingerprint density at radius 2 is 1.79 bits per heavy atom. The molecule has 0 saturated heterocycles. The van der Waals surface area contributed by atoms with E-state index in [4.69, 9.17) is 9.84 Å². The lowest BCUT2D eigenvalue weighted by molar-refractivity contribution is -0.144. The van der Waals surface area contributed by atoms with Crippen LogP contribution in [0.15, 0.2) is 30.3 Å². The van der Waals surface area contributed by atoms with E-state index in [2.05, 4.69) is 0 Å². The molecule has 0 fully saturated rings. The van der Waals surface area contributed by atoms with E-state index in [-0.39, 0.29) is 6.61 Å². The number of hydrogen-bond donors (Lipinski definition) is 1. The maximum Gasteiger partial charge on any atom is 0.321 e. The highest BCUT2D eigenvalue weighted by molar-refractivity contribution is 7.87. The summed E-state index contributed by atoms with van der Waals surface area (Å²) >= 11 is 0. The van der Waals surface area contributed by atoms with E-state index in [0.717, 1.165) is 5.56 Å². The molecule has 0 aliphatic rings. The van der Waals surface area contributed by atoms with Crippen molar-refractivity contribution < 1.29 is 23.6 Å². The molecule has 3 atom stereocenters. The molecule has 19 heavy (non-hydrogen) atoms. The maximum atomic E-state index is 11.8. The minimum Gasteiger partial charge on any atom is -0.480 e. The lowest BCUT2D eigenvalue weighted by Gasteiger charge is -2.13. The Bertz CT molecular complexity index is 471. The van der Waals surface area contributed by atoms with Crippen LogP contribution < -0.4 is 0 Å².